The Labute approximate surface area is 186 Å². The Morgan fingerprint density at radius 1 is 1.13 bits per heavy atom. The number of methoxy groups -OCH3 is 1. The summed E-state index contributed by atoms with van der Waals surface area (Å²) < 4.78 is 23.2. The van der Waals surface area contributed by atoms with E-state index < -0.39 is 0 Å². The summed E-state index contributed by atoms with van der Waals surface area (Å²) in [5.41, 5.74) is 2.43. The number of hydrogen-bond donors (Lipinski definition) is 0. The van der Waals surface area contributed by atoms with Gasteiger partial charge >= 0.3 is 5.97 Å². The lowest BCUT2D eigenvalue weighted by Gasteiger charge is -2.63. The smallest absolute Gasteiger partial charge is 0.302 e. The highest BCUT2D eigenvalue weighted by atomic mass is 16.7. The van der Waals surface area contributed by atoms with Crippen LogP contribution in [0.15, 0.2) is 12.1 Å². The van der Waals surface area contributed by atoms with Gasteiger partial charge in [-0.15, -0.1) is 0 Å². The molecule has 5 heteroatoms. The lowest BCUT2D eigenvalue weighted by atomic mass is 9.44. The molecule has 0 spiro atoms. The number of carbonyl (C=O) groups excluding carboxylic acids is 1. The Bertz CT molecular complexity index is 846. The van der Waals surface area contributed by atoms with E-state index in [4.69, 9.17) is 18.9 Å². The van der Waals surface area contributed by atoms with Crippen LogP contribution in [0, 0.1) is 22.7 Å². The van der Waals surface area contributed by atoms with Crippen molar-refractivity contribution in [3.05, 3.63) is 23.3 Å². The third kappa shape index (κ3) is 3.94. The molecule has 172 valence electrons. The molecule has 0 bridgehead atoms. The molecule has 0 radical (unpaired) electrons. The zero-order valence-corrected chi connectivity index (χ0v) is 20.0. The molecule has 0 aromatic heterocycles. The quantitative estimate of drug-likeness (QED) is 0.445. The lowest BCUT2D eigenvalue weighted by molar-refractivity contribution is -0.163. The number of benzene rings is 1. The van der Waals surface area contributed by atoms with Crippen molar-refractivity contribution in [2.24, 2.45) is 22.7 Å². The molecule has 4 atom stereocenters. The minimum Gasteiger partial charge on any atom is -0.487 e. The van der Waals surface area contributed by atoms with Crippen LogP contribution in [0.5, 0.6) is 11.5 Å². The summed E-state index contributed by atoms with van der Waals surface area (Å²) in [7, 11) is 1.62. The second-order valence-corrected chi connectivity index (χ2v) is 11.0. The Morgan fingerprint density at radius 3 is 2.61 bits per heavy atom. The van der Waals surface area contributed by atoms with Crippen LogP contribution in [0.25, 0.3) is 0 Å². The van der Waals surface area contributed by atoms with Gasteiger partial charge in [0.2, 0.25) is 0 Å². The Morgan fingerprint density at radius 2 is 1.90 bits per heavy atom. The molecule has 4 rings (SSSR count). The Hall–Kier alpha value is -1.75. The molecule has 0 saturated heterocycles. The van der Waals surface area contributed by atoms with Gasteiger partial charge in [-0.1, -0.05) is 27.2 Å². The summed E-state index contributed by atoms with van der Waals surface area (Å²) in [6, 6.07) is 4.00. The van der Waals surface area contributed by atoms with Crippen molar-refractivity contribution in [3.8, 4) is 11.5 Å². The minimum absolute atomic E-state index is 0.179. The second kappa shape index (κ2) is 7.99. The summed E-state index contributed by atoms with van der Waals surface area (Å²) in [6.45, 7) is 11.6. The van der Waals surface area contributed by atoms with E-state index >= 15 is 0 Å². The molecule has 31 heavy (non-hydrogen) atoms. The molecule has 0 N–H and O–H groups in total. The van der Waals surface area contributed by atoms with Crippen LogP contribution in [0.4, 0.5) is 0 Å². The van der Waals surface area contributed by atoms with Gasteiger partial charge < -0.3 is 18.9 Å². The van der Waals surface area contributed by atoms with Crippen molar-refractivity contribution in [2.75, 3.05) is 13.9 Å². The Kier molecular flexibility index (Phi) is 5.78. The first-order valence-corrected chi connectivity index (χ1v) is 11.7. The van der Waals surface area contributed by atoms with Gasteiger partial charge in [-0.3, -0.25) is 4.79 Å². The number of fused-ring (bicyclic) bond motifs is 4. The molecule has 5 nitrogen and oxygen atoms in total. The van der Waals surface area contributed by atoms with Gasteiger partial charge in [-0.05, 0) is 73.5 Å². The lowest BCUT2D eigenvalue weighted by Crippen LogP contribution is -2.61. The van der Waals surface area contributed by atoms with Crippen LogP contribution in [-0.2, 0) is 27.3 Å². The van der Waals surface area contributed by atoms with Gasteiger partial charge in [0.05, 0.1) is 0 Å². The van der Waals surface area contributed by atoms with E-state index in [0.29, 0.717) is 17.3 Å². The van der Waals surface area contributed by atoms with Gasteiger partial charge in [0.25, 0.3) is 0 Å². The maximum atomic E-state index is 11.3. The summed E-state index contributed by atoms with van der Waals surface area (Å²) >= 11 is 0. The zero-order valence-electron chi connectivity index (χ0n) is 20.0. The van der Waals surface area contributed by atoms with E-state index in [1.54, 1.807) is 7.11 Å². The van der Waals surface area contributed by atoms with Crippen molar-refractivity contribution in [2.45, 2.75) is 85.4 Å². The maximum Gasteiger partial charge on any atom is 0.302 e. The van der Waals surface area contributed by atoms with Gasteiger partial charge in [0, 0.05) is 25.5 Å². The zero-order chi connectivity index (χ0) is 22.4. The number of rotatable bonds is 5. The number of carbonyl (C=O) groups is 1. The summed E-state index contributed by atoms with van der Waals surface area (Å²) in [5.74, 6) is 2.51. The topological polar surface area (TPSA) is 54.0 Å². The first kappa shape index (κ1) is 22.4. The number of esters is 1. The monoisotopic (exact) mass is 430 g/mol. The Balaban J connectivity index is 1.72. The van der Waals surface area contributed by atoms with Crippen molar-refractivity contribution < 1.29 is 23.7 Å². The third-order valence-corrected chi connectivity index (χ3v) is 8.49. The molecule has 1 aromatic rings. The van der Waals surface area contributed by atoms with Crippen molar-refractivity contribution in [1.29, 1.82) is 0 Å². The fourth-order valence-electron chi connectivity index (χ4n) is 7.12. The van der Waals surface area contributed by atoms with Crippen LogP contribution >= 0.6 is 0 Å². The first-order chi connectivity index (χ1) is 14.6. The average Bonchev–Trinajstić information content (AvgIpc) is 2.68. The highest BCUT2D eigenvalue weighted by Gasteiger charge is 2.60. The largest absolute Gasteiger partial charge is 0.487 e. The molecule has 0 amide bonds. The molecule has 1 aliphatic heterocycles. The minimum atomic E-state index is -0.295. The average molecular weight is 431 g/mol. The fraction of sp³-hybridized carbons (Fsp3) is 0.731. The second-order valence-electron chi connectivity index (χ2n) is 11.0. The van der Waals surface area contributed by atoms with E-state index in [1.807, 2.05) is 12.1 Å². The van der Waals surface area contributed by atoms with E-state index in [9.17, 15) is 4.79 Å². The molecule has 2 fully saturated rings. The van der Waals surface area contributed by atoms with Gasteiger partial charge in [0.15, 0.2) is 6.79 Å². The predicted octanol–water partition coefficient (Wildman–Crippen LogP) is 5.67. The van der Waals surface area contributed by atoms with Gasteiger partial charge in [0.1, 0.15) is 23.7 Å². The van der Waals surface area contributed by atoms with Crippen molar-refractivity contribution in [1.82, 2.24) is 0 Å². The third-order valence-electron chi connectivity index (χ3n) is 8.49. The molecule has 2 unspecified atom stereocenters. The standard InChI is InChI=1S/C26H38O5/c1-17(27)29-15-18-12-20(30-16-28-6)19-14-23-25(4)10-7-9-24(2,3)22(25)8-11-26(23,5)31-21(19)13-18/h12-13,22-23H,7-11,14-16H2,1-6H3/t22?,23?,25-,26-/m0/s1. The fourth-order valence-corrected chi connectivity index (χ4v) is 7.12. The molecule has 2 saturated carbocycles. The summed E-state index contributed by atoms with van der Waals surface area (Å²) in [4.78, 5) is 11.3. The molecular weight excluding hydrogens is 392 g/mol. The summed E-state index contributed by atoms with van der Waals surface area (Å²) in [5, 5.41) is 0. The van der Waals surface area contributed by atoms with Gasteiger partial charge in [-0.2, -0.15) is 0 Å². The van der Waals surface area contributed by atoms with Gasteiger partial charge in [-0.25, -0.2) is 0 Å². The van der Waals surface area contributed by atoms with Crippen LogP contribution in [0.2, 0.25) is 0 Å². The maximum absolute atomic E-state index is 11.3. The first-order valence-electron chi connectivity index (χ1n) is 11.7. The van der Waals surface area contributed by atoms with Crippen molar-refractivity contribution >= 4 is 5.97 Å². The molecule has 3 aliphatic rings. The van der Waals surface area contributed by atoms with Crippen LogP contribution in [-0.4, -0.2) is 25.5 Å². The highest BCUT2D eigenvalue weighted by Crippen LogP contribution is 2.65. The van der Waals surface area contributed by atoms with E-state index in [2.05, 4.69) is 27.7 Å². The van der Waals surface area contributed by atoms with E-state index in [1.165, 1.54) is 32.6 Å². The highest BCUT2D eigenvalue weighted by molar-refractivity contribution is 5.66. The van der Waals surface area contributed by atoms with Crippen molar-refractivity contribution in [3.63, 3.8) is 0 Å². The van der Waals surface area contributed by atoms with Crippen LogP contribution in [0.1, 0.15) is 77.8 Å². The molecule has 1 heterocycles. The predicted molar refractivity (Wildman–Crippen MR) is 119 cm³/mol. The molecular formula is C26H38O5. The van der Waals surface area contributed by atoms with E-state index in [0.717, 1.165) is 35.5 Å². The summed E-state index contributed by atoms with van der Waals surface area (Å²) in [6.07, 6.45) is 7.10. The normalized spacial score (nSPS) is 33.4. The van der Waals surface area contributed by atoms with Crippen LogP contribution < -0.4 is 9.47 Å². The number of hydrogen-bond acceptors (Lipinski definition) is 5. The van der Waals surface area contributed by atoms with E-state index in [-0.39, 0.29) is 30.4 Å². The SMILES string of the molecule is COCOc1cc(COC(C)=O)cc2c1CC1[C@@]3(C)CCCC(C)(C)C3CC[C@]1(C)O2. The molecule has 2 aliphatic carbocycles. The molecule has 1 aromatic carbocycles. The number of ether oxygens (including phenoxy) is 4. The van der Waals surface area contributed by atoms with Crippen LogP contribution in [0.3, 0.4) is 0 Å².